The summed E-state index contributed by atoms with van der Waals surface area (Å²) in [5, 5.41) is 0. The lowest BCUT2D eigenvalue weighted by molar-refractivity contribution is -0.150. The fourth-order valence-electron chi connectivity index (χ4n) is 2.77. The molecule has 1 heterocycles. The lowest BCUT2D eigenvalue weighted by Crippen LogP contribution is -2.49. The van der Waals surface area contributed by atoms with Crippen LogP contribution in [0.25, 0.3) is 0 Å². The van der Waals surface area contributed by atoms with Gasteiger partial charge in [-0.05, 0) is 30.9 Å². The molecular weight excluding hydrogens is 226 g/mol. The van der Waals surface area contributed by atoms with Crippen molar-refractivity contribution in [2.75, 3.05) is 13.7 Å². The molecule has 0 N–H and O–H groups in total. The molecule has 1 aromatic rings. The van der Waals surface area contributed by atoms with E-state index in [1.807, 2.05) is 18.2 Å². The van der Waals surface area contributed by atoms with Gasteiger partial charge in [0.15, 0.2) is 0 Å². The largest absolute Gasteiger partial charge is 0.468 e. The number of hydrogen-bond acceptors (Lipinski definition) is 3. The Morgan fingerprint density at radius 1 is 1.39 bits per heavy atom. The van der Waals surface area contributed by atoms with E-state index in [1.165, 1.54) is 12.7 Å². The zero-order chi connectivity index (χ0) is 13.0. The number of carbonyl (C=O) groups is 1. The van der Waals surface area contributed by atoms with Gasteiger partial charge < -0.3 is 4.74 Å². The average Bonchev–Trinajstić information content (AvgIpc) is 2.39. The van der Waals surface area contributed by atoms with Gasteiger partial charge in [0.25, 0.3) is 0 Å². The molecule has 18 heavy (non-hydrogen) atoms. The van der Waals surface area contributed by atoms with E-state index in [-0.39, 0.29) is 12.0 Å². The summed E-state index contributed by atoms with van der Waals surface area (Å²) < 4.78 is 4.95. The van der Waals surface area contributed by atoms with Crippen LogP contribution in [0.3, 0.4) is 0 Å². The Morgan fingerprint density at radius 2 is 2.11 bits per heavy atom. The molecule has 1 aliphatic rings. The summed E-state index contributed by atoms with van der Waals surface area (Å²) in [6, 6.07) is 10.2. The molecule has 0 bridgehead atoms. The molecule has 2 rings (SSSR count). The zero-order valence-corrected chi connectivity index (χ0v) is 11.1. The number of hydrogen-bond donors (Lipinski definition) is 0. The Bertz CT molecular complexity index is 391. The van der Waals surface area contributed by atoms with Crippen molar-refractivity contribution in [3.8, 4) is 0 Å². The highest BCUT2D eigenvalue weighted by Gasteiger charge is 2.34. The lowest BCUT2D eigenvalue weighted by Gasteiger charge is -2.38. The molecule has 0 saturated carbocycles. The molecule has 0 aromatic heterocycles. The average molecular weight is 247 g/mol. The number of piperidine rings is 1. The Balaban J connectivity index is 2.11. The van der Waals surface area contributed by atoms with Crippen LogP contribution in [-0.4, -0.2) is 30.6 Å². The number of esters is 1. The lowest BCUT2D eigenvalue weighted by atomic mass is 9.90. The summed E-state index contributed by atoms with van der Waals surface area (Å²) in [6.45, 7) is 3.93. The summed E-state index contributed by atoms with van der Waals surface area (Å²) in [5.41, 5.74) is 1.25. The first kappa shape index (κ1) is 13.1. The van der Waals surface area contributed by atoms with E-state index in [4.69, 9.17) is 4.74 Å². The number of rotatable bonds is 3. The van der Waals surface area contributed by atoms with Crippen LogP contribution in [0, 0.1) is 5.92 Å². The second-order valence-electron chi connectivity index (χ2n) is 5.04. The maximum absolute atomic E-state index is 11.9. The van der Waals surface area contributed by atoms with Crippen LogP contribution in [0.1, 0.15) is 25.3 Å². The standard InChI is InChI=1S/C15H21NO2/c1-12-7-6-10-16(14(12)15(17)18-2)11-13-8-4-3-5-9-13/h3-5,8-9,12,14H,6-7,10-11H2,1-2H3/t12-,14-/m1/s1. The van der Waals surface area contributed by atoms with Crippen LogP contribution in [0.4, 0.5) is 0 Å². The van der Waals surface area contributed by atoms with Crippen LogP contribution in [-0.2, 0) is 16.1 Å². The van der Waals surface area contributed by atoms with E-state index >= 15 is 0 Å². The molecule has 1 fully saturated rings. The number of benzene rings is 1. The van der Waals surface area contributed by atoms with Gasteiger partial charge in [0, 0.05) is 6.54 Å². The van der Waals surface area contributed by atoms with Crippen molar-refractivity contribution in [2.45, 2.75) is 32.4 Å². The number of ether oxygens (including phenoxy) is 1. The smallest absolute Gasteiger partial charge is 0.323 e. The topological polar surface area (TPSA) is 29.5 Å². The second-order valence-corrected chi connectivity index (χ2v) is 5.04. The SMILES string of the molecule is COC(=O)[C@H]1[C@H](C)CCCN1Cc1ccccc1. The monoisotopic (exact) mass is 247 g/mol. The Labute approximate surface area is 109 Å². The van der Waals surface area contributed by atoms with Crippen molar-refractivity contribution < 1.29 is 9.53 Å². The highest BCUT2D eigenvalue weighted by molar-refractivity contribution is 5.76. The van der Waals surface area contributed by atoms with Crippen molar-refractivity contribution in [2.24, 2.45) is 5.92 Å². The van der Waals surface area contributed by atoms with Crippen molar-refractivity contribution in [1.29, 1.82) is 0 Å². The van der Waals surface area contributed by atoms with Gasteiger partial charge in [-0.2, -0.15) is 0 Å². The van der Waals surface area contributed by atoms with Crippen molar-refractivity contribution >= 4 is 5.97 Å². The molecule has 3 heteroatoms. The molecule has 2 atom stereocenters. The highest BCUT2D eigenvalue weighted by atomic mass is 16.5. The first-order valence-electron chi connectivity index (χ1n) is 6.58. The number of likely N-dealkylation sites (tertiary alicyclic amines) is 1. The maximum Gasteiger partial charge on any atom is 0.323 e. The van der Waals surface area contributed by atoms with E-state index in [0.717, 1.165) is 25.9 Å². The third kappa shape index (κ3) is 2.91. The third-order valence-electron chi connectivity index (χ3n) is 3.71. The summed E-state index contributed by atoms with van der Waals surface area (Å²) in [5.74, 6) is 0.271. The predicted octanol–water partition coefficient (Wildman–Crippen LogP) is 2.46. The molecular formula is C15H21NO2. The number of methoxy groups -OCH3 is 1. The molecule has 0 aliphatic carbocycles. The molecule has 0 amide bonds. The molecule has 0 spiro atoms. The van der Waals surface area contributed by atoms with E-state index in [9.17, 15) is 4.79 Å². The maximum atomic E-state index is 11.9. The van der Waals surface area contributed by atoms with Crippen molar-refractivity contribution in [1.82, 2.24) is 4.90 Å². The summed E-state index contributed by atoms with van der Waals surface area (Å²) in [4.78, 5) is 14.2. The summed E-state index contributed by atoms with van der Waals surface area (Å²) in [6.07, 6.45) is 2.26. The minimum atomic E-state index is -0.0990. The quantitative estimate of drug-likeness (QED) is 0.768. The third-order valence-corrected chi connectivity index (χ3v) is 3.71. The highest BCUT2D eigenvalue weighted by Crippen LogP contribution is 2.25. The summed E-state index contributed by atoms with van der Waals surface area (Å²) in [7, 11) is 1.48. The van der Waals surface area contributed by atoms with Crippen LogP contribution < -0.4 is 0 Å². The van der Waals surface area contributed by atoms with Crippen LogP contribution in [0.2, 0.25) is 0 Å². The number of nitrogens with zero attached hydrogens (tertiary/aromatic N) is 1. The zero-order valence-electron chi connectivity index (χ0n) is 11.1. The van der Waals surface area contributed by atoms with E-state index in [2.05, 4.69) is 24.0 Å². The molecule has 98 valence electrons. The van der Waals surface area contributed by atoms with Gasteiger partial charge in [0.2, 0.25) is 0 Å². The van der Waals surface area contributed by atoms with Crippen LogP contribution >= 0.6 is 0 Å². The van der Waals surface area contributed by atoms with Gasteiger partial charge in [-0.25, -0.2) is 0 Å². The minimum absolute atomic E-state index is 0.0936. The molecule has 1 aromatic carbocycles. The first-order valence-corrected chi connectivity index (χ1v) is 6.58. The minimum Gasteiger partial charge on any atom is -0.468 e. The van der Waals surface area contributed by atoms with Gasteiger partial charge in [0.1, 0.15) is 6.04 Å². The van der Waals surface area contributed by atoms with Crippen LogP contribution in [0.15, 0.2) is 30.3 Å². The van der Waals surface area contributed by atoms with Gasteiger partial charge >= 0.3 is 5.97 Å². The normalized spacial score (nSPS) is 24.8. The molecule has 0 radical (unpaired) electrons. The summed E-state index contributed by atoms with van der Waals surface area (Å²) >= 11 is 0. The Morgan fingerprint density at radius 3 is 2.78 bits per heavy atom. The Hall–Kier alpha value is -1.35. The number of carbonyl (C=O) groups excluding carboxylic acids is 1. The predicted molar refractivity (Wildman–Crippen MR) is 71.1 cm³/mol. The second kappa shape index (κ2) is 6.01. The molecule has 1 saturated heterocycles. The van der Waals surface area contributed by atoms with E-state index in [0.29, 0.717) is 5.92 Å². The van der Waals surface area contributed by atoms with Gasteiger partial charge in [-0.15, -0.1) is 0 Å². The van der Waals surface area contributed by atoms with Crippen molar-refractivity contribution in [3.05, 3.63) is 35.9 Å². The van der Waals surface area contributed by atoms with Crippen molar-refractivity contribution in [3.63, 3.8) is 0 Å². The van der Waals surface area contributed by atoms with Gasteiger partial charge in [-0.3, -0.25) is 9.69 Å². The van der Waals surface area contributed by atoms with E-state index < -0.39 is 0 Å². The molecule has 0 unspecified atom stereocenters. The fourth-order valence-corrected chi connectivity index (χ4v) is 2.77. The van der Waals surface area contributed by atoms with Crippen LogP contribution in [0.5, 0.6) is 0 Å². The molecule has 1 aliphatic heterocycles. The first-order chi connectivity index (χ1) is 8.72. The van der Waals surface area contributed by atoms with E-state index in [1.54, 1.807) is 0 Å². The Kier molecular flexibility index (Phi) is 4.37. The van der Waals surface area contributed by atoms with Gasteiger partial charge in [-0.1, -0.05) is 37.3 Å². The fraction of sp³-hybridized carbons (Fsp3) is 0.533. The van der Waals surface area contributed by atoms with Gasteiger partial charge in [0.05, 0.1) is 7.11 Å². The molecule has 3 nitrogen and oxygen atoms in total.